The Hall–Kier alpha value is -3.07. The van der Waals surface area contributed by atoms with Crippen LogP contribution in [-0.4, -0.2) is 28.7 Å². The number of hydrogen-bond donors (Lipinski definition) is 1. The van der Waals surface area contributed by atoms with E-state index in [1.807, 2.05) is 45.0 Å². The Morgan fingerprint density at radius 3 is 2.69 bits per heavy atom. The number of nitrogens with one attached hydrogen (secondary N) is 1. The highest BCUT2D eigenvalue weighted by atomic mass is 16.6. The minimum atomic E-state index is -0.389. The highest BCUT2D eigenvalue weighted by Crippen LogP contribution is 2.26. The van der Waals surface area contributed by atoms with Crippen molar-refractivity contribution in [3.8, 4) is 12.3 Å². The van der Waals surface area contributed by atoms with Crippen LogP contribution in [-0.2, 0) is 4.74 Å². The summed E-state index contributed by atoms with van der Waals surface area (Å²) in [6, 6.07) is 9.25. The SMILES string of the molecule is C#CC(Nc1nccc(N2C(=O)OCC2C(C)C)n1)c1ccc(C)cc1. The highest BCUT2D eigenvalue weighted by molar-refractivity contribution is 5.89. The number of anilines is 2. The van der Waals surface area contributed by atoms with Crippen LogP contribution in [0.3, 0.4) is 0 Å². The van der Waals surface area contributed by atoms with Gasteiger partial charge in [0.05, 0.1) is 6.04 Å². The second-order valence-corrected chi connectivity index (χ2v) is 6.65. The van der Waals surface area contributed by atoms with Gasteiger partial charge in [0.15, 0.2) is 0 Å². The van der Waals surface area contributed by atoms with Crippen LogP contribution in [0.25, 0.3) is 0 Å². The summed E-state index contributed by atoms with van der Waals surface area (Å²) >= 11 is 0. The van der Waals surface area contributed by atoms with Gasteiger partial charge in [-0.25, -0.2) is 9.78 Å². The second kappa shape index (κ2) is 7.44. The number of benzene rings is 1. The van der Waals surface area contributed by atoms with Crippen molar-refractivity contribution in [2.24, 2.45) is 5.92 Å². The molecule has 2 unspecified atom stereocenters. The molecule has 6 heteroatoms. The van der Waals surface area contributed by atoms with E-state index in [1.165, 1.54) is 0 Å². The van der Waals surface area contributed by atoms with Crippen LogP contribution in [0.4, 0.5) is 16.6 Å². The zero-order valence-electron chi connectivity index (χ0n) is 15.1. The van der Waals surface area contributed by atoms with Gasteiger partial charge in [-0.3, -0.25) is 4.90 Å². The molecule has 0 bridgehead atoms. The zero-order chi connectivity index (χ0) is 18.7. The van der Waals surface area contributed by atoms with Gasteiger partial charge in [-0.05, 0) is 24.5 Å². The maximum atomic E-state index is 12.1. The normalized spacial score (nSPS) is 17.7. The Bertz CT molecular complexity index is 826. The molecule has 1 aromatic heterocycles. The lowest BCUT2D eigenvalue weighted by molar-refractivity contribution is 0.177. The number of carbonyl (C=O) groups is 1. The van der Waals surface area contributed by atoms with Crippen LogP contribution in [0.2, 0.25) is 0 Å². The summed E-state index contributed by atoms with van der Waals surface area (Å²) in [7, 11) is 0. The molecular weight excluding hydrogens is 328 g/mol. The van der Waals surface area contributed by atoms with Crippen LogP contribution in [0.5, 0.6) is 0 Å². The first-order chi connectivity index (χ1) is 12.5. The standard InChI is InChI=1S/C20H22N4O2/c1-5-16(15-8-6-14(4)7-9-15)22-19-21-11-10-18(23-19)24-17(13(2)3)12-26-20(24)25/h1,6-11,13,16-17H,12H2,2-4H3,(H,21,22,23). The van der Waals surface area contributed by atoms with Gasteiger partial charge in [0.1, 0.15) is 18.5 Å². The van der Waals surface area contributed by atoms with Gasteiger partial charge >= 0.3 is 6.09 Å². The molecule has 1 saturated heterocycles. The number of ether oxygens (including phenoxy) is 1. The predicted octanol–water partition coefficient (Wildman–Crippen LogP) is 3.55. The third kappa shape index (κ3) is 3.62. The Morgan fingerprint density at radius 2 is 2.04 bits per heavy atom. The topological polar surface area (TPSA) is 67.4 Å². The molecule has 0 saturated carbocycles. The first-order valence-corrected chi connectivity index (χ1v) is 8.58. The number of nitrogens with zero attached hydrogens (tertiary/aromatic N) is 3. The molecular formula is C20H22N4O2. The average Bonchev–Trinajstić information content (AvgIpc) is 3.02. The summed E-state index contributed by atoms with van der Waals surface area (Å²) in [4.78, 5) is 22.4. The van der Waals surface area contributed by atoms with E-state index in [9.17, 15) is 4.79 Å². The lowest BCUT2D eigenvalue weighted by Gasteiger charge is -2.23. The molecule has 26 heavy (non-hydrogen) atoms. The number of rotatable bonds is 5. The van der Waals surface area contributed by atoms with Gasteiger partial charge in [0, 0.05) is 6.20 Å². The summed E-state index contributed by atoms with van der Waals surface area (Å²) < 4.78 is 5.19. The van der Waals surface area contributed by atoms with Gasteiger partial charge in [0.25, 0.3) is 0 Å². The van der Waals surface area contributed by atoms with E-state index in [4.69, 9.17) is 11.2 Å². The average molecular weight is 350 g/mol. The molecule has 1 aliphatic heterocycles. The molecule has 1 fully saturated rings. The van der Waals surface area contributed by atoms with Crippen molar-refractivity contribution in [1.82, 2.24) is 9.97 Å². The van der Waals surface area contributed by atoms with Crippen LogP contribution in [0.1, 0.15) is 31.0 Å². The minimum absolute atomic E-state index is 0.0502. The molecule has 1 aliphatic rings. The molecule has 2 aromatic rings. The van der Waals surface area contributed by atoms with Crippen LogP contribution in [0.15, 0.2) is 36.5 Å². The fourth-order valence-corrected chi connectivity index (χ4v) is 2.85. The molecule has 0 aliphatic carbocycles. The van der Waals surface area contributed by atoms with Gasteiger partial charge in [0.2, 0.25) is 5.95 Å². The summed E-state index contributed by atoms with van der Waals surface area (Å²) in [6.07, 6.45) is 6.90. The molecule has 134 valence electrons. The zero-order valence-corrected chi connectivity index (χ0v) is 15.1. The first-order valence-electron chi connectivity index (χ1n) is 8.58. The predicted molar refractivity (Wildman–Crippen MR) is 101 cm³/mol. The van der Waals surface area contributed by atoms with Crippen molar-refractivity contribution in [2.45, 2.75) is 32.9 Å². The van der Waals surface area contributed by atoms with Crippen molar-refractivity contribution < 1.29 is 9.53 Å². The number of cyclic esters (lactones) is 1. The van der Waals surface area contributed by atoms with E-state index >= 15 is 0 Å². The molecule has 1 N–H and O–H groups in total. The maximum Gasteiger partial charge on any atom is 0.415 e. The maximum absolute atomic E-state index is 12.1. The Labute approximate surface area is 153 Å². The number of aromatic nitrogens is 2. The van der Waals surface area contributed by atoms with E-state index in [0.717, 1.165) is 11.1 Å². The van der Waals surface area contributed by atoms with E-state index in [1.54, 1.807) is 17.2 Å². The third-order valence-electron chi connectivity index (χ3n) is 4.41. The van der Waals surface area contributed by atoms with Crippen LogP contribution >= 0.6 is 0 Å². The van der Waals surface area contributed by atoms with Crippen LogP contribution < -0.4 is 10.2 Å². The molecule has 0 spiro atoms. The van der Waals surface area contributed by atoms with E-state index in [0.29, 0.717) is 18.4 Å². The summed E-state index contributed by atoms with van der Waals surface area (Å²) in [5.41, 5.74) is 2.11. The molecule has 1 amide bonds. The largest absolute Gasteiger partial charge is 0.447 e. The molecule has 2 atom stereocenters. The smallest absolute Gasteiger partial charge is 0.415 e. The number of terminal acetylenes is 1. The minimum Gasteiger partial charge on any atom is -0.447 e. The molecule has 3 rings (SSSR count). The monoisotopic (exact) mass is 350 g/mol. The van der Waals surface area contributed by atoms with Gasteiger partial charge in [-0.1, -0.05) is 49.6 Å². The van der Waals surface area contributed by atoms with Crippen molar-refractivity contribution in [3.05, 3.63) is 47.7 Å². The van der Waals surface area contributed by atoms with E-state index in [-0.39, 0.29) is 24.1 Å². The third-order valence-corrected chi connectivity index (χ3v) is 4.41. The number of hydrogen-bond acceptors (Lipinski definition) is 5. The lowest BCUT2D eigenvalue weighted by Crippen LogP contribution is -2.37. The fourth-order valence-electron chi connectivity index (χ4n) is 2.85. The van der Waals surface area contributed by atoms with Gasteiger partial charge in [-0.2, -0.15) is 4.98 Å². The summed E-state index contributed by atoms with van der Waals surface area (Å²) in [6.45, 7) is 6.48. The Balaban J connectivity index is 1.84. The fraction of sp³-hybridized carbons (Fsp3) is 0.350. The molecule has 6 nitrogen and oxygen atoms in total. The van der Waals surface area contributed by atoms with Crippen molar-refractivity contribution in [2.75, 3.05) is 16.8 Å². The number of amides is 1. The number of carbonyl (C=O) groups excluding carboxylic acids is 1. The van der Waals surface area contributed by atoms with Crippen molar-refractivity contribution in [1.29, 1.82) is 0 Å². The van der Waals surface area contributed by atoms with Crippen LogP contribution in [0, 0.1) is 25.2 Å². The second-order valence-electron chi connectivity index (χ2n) is 6.65. The molecule has 2 heterocycles. The number of aryl methyl sites for hydroxylation is 1. The van der Waals surface area contributed by atoms with Gasteiger partial charge < -0.3 is 10.1 Å². The Morgan fingerprint density at radius 1 is 1.31 bits per heavy atom. The van der Waals surface area contributed by atoms with E-state index < -0.39 is 0 Å². The summed E-state index contributed by atoms with van der Waals surface area (Å²) in [5.74, 6) is 3.84. The van der Waals surface area contributed by atoms with Crippen molar-refractivity contribution in [3.63, 3.8) is 0 Å². The Kier molecular flexibility index (Phi) is 5.08. The van der Waals surface area contributed by atoms with Gasteiger partial charge in [-0.15, -0.1) is 6.42 Å². The highest BCUT2D eigenvalue weighted by Gasteiger charge is 2.37. The quantitative estimate of drug-likeness (QED) is 0.835. The van der Waals surface area contributed by atoms with E-state index in [2.05, 4.69) is 21.2 Å². The molecule has 0 radical (unpaired) electrons. The lowest BCUT2D eigenvalue weighted by atomic mass is 10.0. The molecule has 1 aromatic carbocycles. The first kappa shape index (κ1) is 17.7. The van der Waals surface area contributed by atoms with Crippen molar-refractivity contribution >= 4 is 17.9 Å². The summed E-state index contributed by atoms with van der Waals surface area (Å²) in [5, 5.41) is 3.15.